The molecule has 0 spiro atoms. The fourth-order valence-corrected chi connectivity index (χ4v) is 4.62. The number of fused-ring (bicyclic) bond motifs is 1. The van der Waals surface area contributed by atoms with Gasteiger partial charge >= 0.3 is 0 Å². The van der Waals surface area contributed by atoms with Crippen LogP contribution in [-0.2, 0) is 11.3 Å². The van der Waals surface area contributed by atoms with Crippen molar-refractivity contribution in [2.24, 2.45) is 0 Å². The summed E-state index contributed by atoms with van der Waals surface area (Å²) in [7, 11) is 1.58. The molecule has 2 aromatic carbocycles. The highest BCUT2D eigenvalue weighted by Crippen LogP contribution is 2.23. The van der Waals surface area contributed by atoms with Crippen LogP contribution in [0.2, 0.25) is 0 Å². The van der Waals surface area contributed by atoms with E-state index in [1.54, 1.807) is 30.7 Å². The molecule has 32 heavy (non-hydrogen) atoms. The smallest absolute Gasteiger partial charge is 0.272 e. The number of amides is 1. The number of thioether (sulfide) groups is 1. The van der Waals surface area contributed by atoms with Crippen molar-refractivity contribution in [3.05, 3.63) is 81.5 Å². The van der Waals surface area contributed by atoms with Gasteiger partial charge in [0.25, 0.3) is 5.56 Å². The van der Waals surface area contributed by atoms with Crippen molar-refractivity contribution in [1.29, 1.82) is 0 Å². The first-order valence-corrected chi connectivity index (χ1v) is 11.3. The maximum Gasteiger partial charge on any atom is 0.272 e. The van der Waals surface area contributed by atoms with Crippen molar-refractivity contribution in [2.75, 3.05) is 18.2 Å². The predicted molar refractivity (Wildman–Crippen MR) is 122 cm³/mol. The van der Waals surface area contributed by atoms with Crippen LogP contribution < -0.4 is 15.6 Å². The van der Waals surface area contributed by atoms with Gasteiger partial charge in [-0.25, -0.2) is 13.8 Å². The quantitative estimate of drug-likeness (QED) is 0.316. The number of thiophene rings is 1. The molecule has 10 heteroatoms. The molecule has 164 valence electrons. The Labute approximate surface area is 189 Å². The van der Waals surface area contributed by atoms with E-state index in [0.717, 1.165) is 35.5 Å². The first kappa shape index (κ1) is 22.0. The number of benzene rings is 2. The molecule has 1 amide bonds. The third kappa shape index (κ3) is 4.97. The van der Waals surface area contributed by atoms with Gasteiger partial charge in [-0.05, 0) is 41.3 Å². The van der Waals surface area contributed by atoms with E-state index in [1.807, 2.05) is 12.1 Å². The number of methoxy groups -OCH3 is 1. The van der Waals surface area contributed by atoms with Gasteiger partial charge in [0, 0.05) is 11.8 Å². The molecule has 0 radical (unpaired) electrons. The van der Waals surface area contributed by atoms with Crippen LogP contribution in [-0.4, -0.2) is 28.3 Å². The van der Waals surface area contributed by atoms with E-state index in [2.05, 4.69) is 10.3 Å². The van der Waals surface area contributed by atoms with E-state index >= 15 is 0 Å². The molecule has 0 aliphatic carbocycles. The summed E-state index contributed by atoms with van der Waals surface area (Å²) in [5.74, 6) is -1.44. The Morgan fingerprint density at radius 2 is 1.88 bits per heavy atom. The van der Waals surface area contributed by atoms with E-state index in [-0.39, 0.29) is 23.5 Å². The third-order valence-corrected chi connectivity index (χ3v) is 6.38. The number of nitrogens with one attached hydrogen (secondary N) is 1. The number of carbonyl (C=O) groups excluding carboxylic acids is 1. The molecule has 2 aromatic heterocycles. The number of carbonyl (C=O) groups is 1. The number of nitrogens with zero attached hydrogens (tertiary/aromatic N) is 2. The van der Waals surface area contributed by atoms with Crippen molar-refractivity contribution in [2.45, 2.75) is 11.7 Å². The van der Waals surface area contributed by atoms with Crippen molar-refractivity contribution in [3.8, 4) is 5.75 Å². The Hall–Kier alpha value is -3.24. The number of halogens is 2. The summed E-state index contributed by atoms with van der Waals surface area (Å²) in [6.07, 6.45) is 0. The van der Waals surface area contributed by atoms with E-state index < -0.39 is 17.5 Å². The zero-order valence-corrected chi connectivity index (χ0v) is 18.4. The molecule has 4 aromatic rings. The normalized spacial score (nSPS) is 11.0. The van der Waals surface area contributed by atoms with Crippen LogP contribution in [0, 0.1) is 11.6 Å². The Bertz CT molecular complexity index is 1320. The van der Waals surface area contributed by atoms with Crippen LogP contribution in [0.25, 0.3) is 10.2 Å². The van der Waals surface area contributed by atoms with E-state index in [9.17, 15) is 18.4 Å². The lowest BCUT2D eigenvalue weighted by molar-refractivity contribution is -0.113. The number of rotatable bonds is 7. The molecule has 0 atom stereocenters. The van der Waals surface area contributed by atoms with Gasteiger partial charge in [0.1, 0.15) is 22.1 Å². The van der Waals surface area contributed by atoms with Crippen molar-refractivity contribution >= 4 is 44.9 Å². The van der Waals surface area contributed by atoms with Gasteiger partial charge in [-0.2, -0.15) is 0 Å². The molecule has 1 N–H and O–H groups in total. The molecule has 0 fully saturated rings. The second-order valence-corrected chi connectivity index (χ2v) is 8.62. The van der Waals surface area contributed by atoms with Crippen molar-refractivity contribution in [1.82, 2.24) is 9.55 Å². The largest absolute Gasteiger partial charge is 0.497 e. The highest BCUT2D eigenvalue weighted by molar-refractivity contribution is 7.99. The molecule has 0 saturated carbocycles. The minimum Gasteiger partial charge on any atom is -0.497 e. The van der Waals surface area contributed by atoms with Crippen LogP contribution in [0.4, 0.5) is 14.5 Å². The summed E-state index contributed by atoms with van der Waals surface area (Å²) in [6, 6.07) is 11.8. The summed E-state index contributed by atoms with van der Waals surface area (Å²) >= 11 is 2.38. The average molecular weight is 474 g/mol. The van der Waals surface area contributed by atoms with Gasteiger partial charge < -0.3 is 10.1 Å². The Balaban J connectivity index is 1.57. The fourth-order valence-electron chi connectivity index (χ4n) is 3.04. The van der Waals surface area contributed by atoms with Gasteiger partial charge in [0.15, 0.2) is 5.16 Å². The number of hydrogen-bond donors (Lipinski definition) is 1. The van der Waals surface area contributed by atoms with Crippen LogP contribution in [0.5, 0.6) is 5.75 Å². The van der Waals surface area contributed by atoms with Crippen LogP contribution >= 0.6 is 23.1 Å². The number of hydrogen-bond acceptors (Lipinski definition) is 6. The molecular weight excluding hydrogens is 456 g/mol. The lowest BCUT2D eigenvalue weighted by Gasteiger charge is -2.12. The van der Waals surface area contributed by atoms with Gasteiger partial charge in [-0.15, -0.1) is 11.3 Å². The summed E-state index contributed by atoms with van der Waals surface area (Å²) in [5.41, 5.74) is 1.24. The van der Waals surface area contributed by atoms with Gasteiger partial charge in [0.05, 0.1) is 24.9 Å². The maximum absolute atomic E-state index is 13.3. The fraction of sp³-hybridized carbons (Fsp3) is 0.136. The first-order chi connectivity index (χ1) is 15.4. The third-order valence-electron chi connectivity index (χ3n) is 4.51. The van der Waals surface area contributed by atoms with E-state index in [4.69, 9.17) is 4.74 Å². The second-order valence-electron chi connectivity index (χ2n) is 6.76. The molecule has 0 unspecified atom stereocenters. The number of ether oxygens (including phenoxy) is 1. The van der Waals surface area contributed by atoms with Gasteiger partial charge in [-0.3, -0.25) is 14.2 Å². The van der Waals surface area contributed by atoms with E-state index in [0.29, 0.717) is 21.1 Å². The molecule has 0 aliphatic heterocycles. The molecule has 0 saturated heterocycles. The zero-order valence-electron chi connectivity index (χ0n) is 16.8. The van der Waals surface area contributed by atoms with Gasteiger partial charge in [0.2, 0.25) is 5.91 Å². The minimum absolute atomic E-state index is 0.0185. The zero-order chi connectivity index (χ0) is 22.7. The number of aromatic nitrogens is 2. The van der Waals surface area contributed by atoms with Crippen LogP contribution in [0.15, 0.2) is 63.9 Å². The summed E-state index contributed by atoms with van der Waals surface area (Å²) in [6.45, 7) is 0.267. The molecular formula is C22H17F2N3O3S2. The standard InChI is InChI=1S/C22H17F2N3O3S2/c1-30-17-4-2-13(3-5-17)11-27-21(29)20-18(6-7-31-20)26-22(27)32-12-19(28)25-16-9-14(23)8-15(24)10-16/h2-10H,11-12H2,1H3,(H,25,28). The minimum atomic E-state index is -0.786. The average Bonchev–Trinajstić information content (AvgIpc) is 3.23. The molecule has 2 heterocycles. The highest BCUT2D eigenvalue weighted by Gasteiger charge is 2.15. The van der Waals surface area contributed by atoms with Crippen LogP contribution in [0.3, 0.4) is 0 Å². The maximum atomic E-state index is 13.3. The summed E-state index contributed by atoms with van der Waals surface area (Å²) in [4.78, 5) is 29.9. The Morgan fingerprint density at radius 3 is 2.56 bits per heavy atom. The monoisotopic (exact) mass is 473 g/mol. The second kappa shape index (κ2) is 9.49. The molecule has 0 aliphatic rings. The van der Waals surface area contributed by atoms with Gasteiger partial charge in [-0.1, -0.05) is 23.9 Å². The van der Waals surface area contributed by atoms with Crippen molar-refractivity contribution in [3.63, 3.8) is 0 Å². The lowest BCUT2D eigenvalue weighted by Crippen LogP contribution is -2.24. The summed E-state index contributed by atoms with van der Waals surface area (Å²) in [5, 5.41) is 4.62. The predicted octanol–water partition coefficient (Wildman–Crippen LogP) is 4.52. The summed E-state index contributed by atoms with van der Waals surface area (Å²) < 4.78 is 33.9. The number of anilines is 1. The van der Waals surface area contributed by atoms with Crippen LogP contribution in [0.1, 0.15) is 5.56 Å². The van der Waals surface area contributed by atoms with Crippen molar-refractivity contribution < 1.29 is 18.3 Å². The Kier molecular flexibility index (Phi) is 6.52. The Morgan fingerprint density at radius 1 is 1.16 bits per heavy atom. The molecule has 4 rings (SSSR count). The first-order valence-electron chi connectivity index (χ1n) is 9.42. The topological polar surface area (TPSA) is 73.2 Å². The molecule has 0 bridgehead atoms. The SMILES string of the molecule is COc1ccc(Cn2c(SCC(=O)Nc3cc(F)cc(F)c3)nc3ccsc3c2=O)cc1. The van der Waals surface area contributed by atoms with E-state index in [1.165, 1.54) is 15.9 Å². The lowest BCUT2D eigenvalue weighted by atomic mass is 10.2. The highest BCUT2D eigenvalue weighted by atomic mass is 32.2. The molecule has 6 nitrogen and oxygen atoms in total.